The first-order valence-corrected chi connectivity index (χ1v) is 46.0. The number of fused-ring (bicyclic) bond motifs is 8. The van der Waals surface area contributed by atoms with Crippen molar-refractivity contribution in [3.05, 3.63) is 47.5 Å². The first-order chi connectivity index (χ1) is 59.2. The molecule has 1 unspecified atom stereocenters. The lowest BCUT2D eigenvalue weighted by Gasteiger charge is -2.24. The molecule has 0 radical (unpaired) electrons. The molecule has 123 heavy (non-hydrogen) atoms. The van der Waals surface area contributed by atoms with Crippen molar-refractivity contribution >= 4 is 98.4 Å². The first kappa shape index (κ1) is 87.2. The Kier molecular flexibility index (Phi) is 25.3. The molecule has 4 saturated carbocycles. The van der Waals surface area contributed by atoms with E-state index in [0.717, 1.165) is 79.3 Å². The normalized spacial score (nSPS) is 30.8. The molecule has 17 atom stereocenters. The van der Waals surface area contributed by atoms with Crippen LogP contribution in [0.25, 0.3) is 44.1 Å². The van der Waals surface area contributed by atoms with Crippen molar-refractivity contribution in [3.8, 4) is 18.2 Å². The Balaban J connectivity index is 0.000000117. The first-order valence-electron chi connectivity index (χ1n) is 42.7. The van der Waals surface area contributed by atoms with Crippen molar-refractivity contribution in [1.82, 2.24) is 79.0 Å². The number of aliphatic hydroxyl groups excluding tert-OH is 2. The second-order valence-corrected chi connectivity index (χ2v) is 38.6. The molecule has 40 nitrogen and oxygen atoms in total. The predicted molar refractivity (Wildman–Crippen MR) is 443 cm³/mol. The van der Waals surface area contributed by atoms with Crippen LogP contribution in [-0.4, -0.2) is 248 Å². The third kappa shape index (κ3) is 18.0. The molecule has 4 aliphatic carbocycles. The van der Waals surface area contributed by atoms with Gasteiger partial charge in [0.15, 0.2) is 70.6 Å². The predicted octanol–water partition coefficient (Wildman–Crippen LogP) is 10.6. The van der Waals surface area contributed by atoms with Gasteiger partial charge in [0.25, 0.3) is 0 Å². The number of nitrogens with zero attached hydrogens (tertiary/aromatic N) is 19. The van der Waals surface area contributed by atoms with Crippen LogP contribution >= 0.6 is 31.0 Å². The Morgan fingerprint density at radius 3 is 1.03 bits per heavy atom. The maximum Gasteiger partial charge on any atom is 0.340 e. The highest BCUT2D eigenvalue weighted by molar-refractivity contribution is 8.04. The summed E-state index contributed by atoms with van der Waals surface area (Å²) in [6, 6.07) is 7.57. The number of thioether (sulfide) groups is 1. The molecule has 0 aromatic carbocycles. The highest BCUT2D eigenvalue weighted by atomic mass is 35.5. The van der Waals surface area contributed by atoms with Crippen molar-refractivity contribution in [1.29, 1.82) is 15.8 Å². The summed E-state index contributed by atoms with van der Waals surface area (Å²) in [5.41, 5.74) is 2.33. The lowest BCUT2D eigenvalue weighted by atomic mass is 10.1. The third-order valence-electron chi connectivity index (χ3n) is 24.2. The number of nitrogens with one attached hydrogen (secondary N) is 4. The molecule has 8 aromatic rings. The molecule has 20 rings (SSSR count). The summed E-state index contributed by atoms with van der Waals surface area (Å²) in [6.07, 6.45) is 19.3. The van der Waals surface area contributed by atoms with Gasteiger partial charge >= 0.3 is 7.60 Å². The largest absolute Gasteiger partial charge is 0.394 e. The van der Waals surface area contributed by atoms with Gasteiger partial charge in [0.05, 0.1) is 83.9 Å². The van der Waals surface area contributed by atoms with Crippen molar-refractivity contribution in [2.75, 3.05) is 59.4 Å². The zero-order chi connectivity index (χ0) is 86.0. The fraction of sp³-hybridized carbons (Fsp3) is 0.713. The average Bonchev–Trinajstić information content (AvgIpc) is 1.59. The summed E-state index contributed by atoms with van der Waals surface area (Å²) in [4.78, 5) is 35.3. The zero-order valence-corrected chi connectivity index (χ0v) is 73.1. The van der Waals surface area contributed by atoms with Crippen LogP contribution in [0.2, 0.25) is 5.28 Å². The minimum atomic E-state index is -3.17. The molecule has 0 spiro atoms. The van der Waals surface area contributed by atoms with E-state index in [9.17, 15) is 30.6 Å². The molecule has 43 heteroatoms. The quantitative estimate of drug-likeness (QED) is 0.0271. The molecule has 12 fully saturated rings. The second kappa shape index (κ2) is 35.7. The van der Waals surface area contributed by atoms with Crippen LogP contribution in [0.4, 0.5) is 23.3 Å². The van der Waals surface area contributed by atoms with E-state index >= 15 is 0 Å². The van der Waals surface area contributed by atoms with Crippen LogP contribution < -0.4 is 21.3 Å². The summed E-state index contributed by atoms with van der Waals surface area (Å²) < 4.78 is 103. The fourth-order valence-electron chi connectivity index (χ4n) is 18.9. The fourth-order valence-corrected chi connectivity index (χ4v) is 22.1. The van der Waals surface area contributed by atoms with Crippen molar-refractivity contribution in [2.24, 2.45) is 0 Å². The minimum Gasteiger partial charge on any atom is -0.394 e. The van der Waals surface area contributed by atoms with E-state index in [0.29, 0.717) is 82.4 Å². The Labute approximate surface area is 719 Å². The zero-order valence-electron chi connectivity index (χ0n) is 70.7. The molecule has 0 amide bonds. The molecular weight excluding hydrogens is 1650 g/mol. The van der Waals surface area contributed by atoms with E-state index in [1.165, 1.54) is 70.2 Å². The van der Waals surface area contributed by atoms with Crippen LogP contribution in [0.1, 0.15) is 221 Å². The lowest BCUT2D eigenvalue weighted by Crippen LogP contribution is -2.31. The van der Waals surface area contributed by atoms with Crippen molar-refractivity contribution in [2.45, 2.75) is 324 Å². The van der Waals surface area contributed by atoms with Crippen LogP contribution in [0.5, 0.6) is 0 Å². The number of anilines is 4. The molecular formula is C80H107ClN23O17PS. The number of nitriles is 3. The number of ether oxygens (including phenoxy) is 12. The number of hydrogen-bond donors (Lipinski definition) is 6. The number of aliphatic hydroxyl groups is 2. The molecule has 8 saturated heterocycles. The maximum absolute atomic E-state index is 12.7. The van der Waals surface area contributed by atoms with Crippen LogP contribution in [-0.2, 0) is 70.5 Å². The summed E-state index contributed by atoms with van der Waals surface area (Å²) in [7, 11) is -1.78. The van der Waals surface area contributed by atoms with Gasteiger partial charge in [0.2, 0.25) is 22.8 Å². The summed E-state index contributed by atoms with van der Waals surface area (Å²) >= 11 is 7.64. The van der Waals surface area contributed by atoms with E-state index in [-0.39, 0.29) is 78.1 Å². The SMILES string of the molecule is CC1(C)O[C@@H]2[C@H](O1)[C@@H](CO)O[C@H]2n1ncc2c(NC3CCCC3)nc(C#N)nc21.CC1(C)O[C@@H]2[C@H](O1)[C@@H](CO)O[C@H]2n1ncc2c(NC3CCCC3)nc(Cl)nc21.CCOP(=O)(CSC[C@H]1O[C@@H](n2ncc3c(NC4CCCC4)nc(C#N)nc32)[C@@H]2OC(C)(C)O[C@@H]21)OC.CC[C@H]1O[C@@H](n2ncc3c(NC4CCCC4)nc(C#N)nc32)[C@@H]2OC(C)(C)O[C@@H]21. The minimum absolute atomic E-state index is 0.0616. The Hall–Kier alpha value is -7.90. The van der Waals surface area contributed by atoms with Gasteiger partial charge in [-0.05, 0) is 132 Å². The number of hydrogen-bond acceptors (Lipinski definition) is 37. The lowest BCUT2D eigenvalue weighted by molar-refractivity contribution is -0.201. The molecule has 8 aromatic heterocycles. The van der Waals surface area contributed by atoms with Gasteiger partial charge in [0, 0.05) is 37.0 Å². The smallest absolute Gasteiger partial charge is 0.340 e. The molecule has 16 heterocycles. The Bertz CT molecular complexity index is 5150. The molecule has 662 valence electrons. The number of halogens is 1. The molecule has 8 aliphatic heterocycles. The van der Waals surface area contributed by atoms with Gasteiger partial charge in [-0.25, -0.2) is 33.7 Å². The van der Waals surface area contributed by atoms with Gasteiger partial charge in [-0.1, -0.05) is 58.3 Å². The Morgan fingerprint density at radius 2 is 0.732 bits per heavy atom. The number of aromatic nitrogens is 16. The van der Waals surface area contributed by atoms with Crippen LogP contribution in [0, 0.1) is 34.0 Å². The van der Waals surface area contributed by atoms with Gasteiger partial charge in [-0.2, -0.15) is 61.1 Å². The number of rotatable bonds is 22. The topological polar surface area (TPSA) is 481 Å². The summed E-state index contributed by atoms with van der Waals surface area (Å²) in [5, 5.41) is 83.2. The Morgan fingerprint density at radius 1 is 0.447 bits per heavy atom. The van der Waals surface area contributed by atoms with Gasteiger partial charge in [-0.3, -0.25) is 4.57 Å². The van der Waals surface area contributed by atoms with Crippen molar-refractivity contribution in [3.63, 3.8) is 0 Å². The van der Waals surface area contributed by atoms with Gasteiger partial charge < -0.3 is 97.4 Å². The maximum atomic E-state index is 12.7. The van der Waals surface area contributed by atoms with E-state index < -0.39 is 92.3 Å². The van der Waals surface area contributed by atoms with Crippen molar-refractivity contribution < 1.29 is 80.7 Å². The van der Waals surface area contributed by atoms with E-state index in [4.69, 9.17) is 77.5 Å². The third-order valence-corrected chi connectivity index (χ3v) is 28.2. The van der Waals surface area contributed by atoms with E-state index in [1.54, 1.807) is 50.4 Å². The van der Waals surface area contributed by atoms with Crippen LogP contribution in [0.3, 0.4) is 0 Å². The molecule has 12 aliphatic rings. The van der Waals surface area contributed by atoms with Crippen LogP contribution in [0.15, 0.2) is 24.8 Å². The monoisotopic (exact) mass is 1760 g/mol. The highest BCUT2D eigenvalue weighted by Crippen LogP contribution is 2.53. The summed E-state index contributed by atoms with van der Waals surface area (Å²) in [5.74, 6) is 0.288. The summed E-state index contributed by atoms with van der Waals surface area (Å²) in [6.45, 7) is 18.7. The van der Waals surface area contributed by atoms with Gasteiger partial charge in [-0.15, -0.1) is 11.8 Å². The average molecular weight is 1760 g/mol. The molecule has 6 N–H and O–H groups in total. The molecule has 0 bridgehead atoms. The second-order valence-electron chi connectivity index (χ2n) is 34.7. The highest BCUT2D eigenvalue weighted by Gasteiger charge is 2.61. The standard InChI is InChI=1S/C23H33N6O6PS.C20H26N6O3.C19H24N6O4.C18H24ClN5O4/c1-5-32-36(30,31-4)13-37-12-16-18-19(35-23(2,3)34-18)22(33-16)29-21-15(11-25-29)20(27-17(10-24)28-21)26-14-8-6-7-9-14;1-4-13-15-16(29-20(2,3)28-15)19(27-13)26-18-12(10-22-26)17(24-14(9-21)25-18)23-11-7-5-6-8-11;1-19(2)28-14-12(9-26)27-18(15(14)29-19)25-17-11(8-21-25)16(23-13(7-20)24-17)22-10-5-3-4-6-10;1-18(2)27-12-11(8-25)26-16(13(12)28-18)24-15-10(7-20-24)14(22-17(19)23-15)21-9-5-3-4-6-9/h11,14,16,18-19,22H,5-9,12-13H2,1-4H3,(H,26,27,28);10-11,13,15-16,19H,4-8H2,1-3H3,(H,23,24,25);8,10,12,14-15,18,26H,3-6,9H2,1-2H3,(H,22,23,24);7,9,11-13,16,25H,3-6,8H2,1-2H3,(H,21,22,23)/t16-,18-,19-,22-,36?;13-,15-,16-,19-;12-,14-,15-,18-;11-,12-,13-,16-/m1111/s1. The van der Waals surface area contributed by atoms with E-state index in [1.807, 2.05) is 61.5 Å². The van der Waals surface area contributed by atoms with Gasteiger partial charge in [0.1, 0.15) is 103 Å². The van der Waals surface area contributed by atoms with E-state index in [2.05, 4.69) is 101 Å².